The van der Waals surface area contributed by atoms with E-state index in [0.717, 1.165) is 29.2 Å². The highest BCUT2D eigenvalue weighted by Crippen LogP contribution is 2.47. The summed E-state index contributed by atoms with van der Waals surface area (Å²) in [5, 5.41) is 5.78. The van der Waals surface area contributed by atoms with Crippen LogP contribution >= 0.6 is 0 Å². The number of hydrogen-bond acceptors (Lipinski definition) is 5. The van der Waals surface area contributed by atoms with Crippen LogP contribution in [0.5, 0.6) is 0 Å². The van der Waals surface area contributed by atoms with Crippen molar-refractivity contribution in [2.75, 3.05) is 23.8 Å². The third-order valence-electron chi connectivity index (χ3n) is 9.23. The average molecular weight is 589 g/mol. The van der Waals surface area contributed by atoms with Crippen LogP contribution in [0.1, 0.15) is 61.9 Å². The lowest BCUT2D eigenvalue weighted by Crippen LogP contribution is -2.56. The van der Waals surface area contributed by atoms with Gasteiger partial charge in [-0.1, -0.05) is 26.0 Å². The molecule has 224 valence electrons. The number of fused-ring (bicyclic) bond motifs is 3. The Morgan fingerprint density at radius 2 is 1.86 bits per heavy atom. The number of anilines is 2. The molecule has 1 aromatic heterocycles. The second-order valence-corrected chi connectivity index (χ2v) is 12.1. The molecule has 6 rings (SSSR count). The maximum absolute atomic E-state index is 14.3. The molecule has 0 radical (unpaired) electrons. The number of ether oxygens (including phenoxy) is 1. The molecular formula is C33H34F2N4O4. The Morgan fingerprint density at radius 1 is 1.12 bits per heavy atom. The van der Waals surface area contributed by atoms with Gasteiger partial charge in [0.2, 0.25) is 17.7 Å². The van der Waals surface area contributed by atoms with Crippen molar-refractivity contribution in [2.24, 2.45) is 5.92 Å². The molecule has 3 aliphatic rings. The lowest BCUT2D eigenvalue weighted by molar-refractivity contribution is -0.168. The first-order valence-electron chi connectivity index (χ1n) is 14.6. The first-order valence-corrected chi connectivity index (χ1v) is 14.6. The Morgan fingerprint density at radius 3 is 2.60 bits per heavy atom. The SMILES string of the molecule is CCCOC1(C)CC(c2cc(F)cc(F)c2)N(CC(=O)Nc2ccc3c(c2)CC2(C3)C(=O)Nc3ncccc32)C(=O)C1C. The Balaban J connectivity index is 1.23. The van der Waals surface area contributed by atoms with Gasteiger partial charge >= 0.3 is 0 Å². The molecule has 1 spiro atoms. The van der Waals surface area contributed by atoms with Crippen LogP contribution in [0.3, 0.4) is 0 Å². The maximum Gasteiger partial charge on any atom is 0.244 e. The van der Waals surface area contributed by atoms with E-state index in [1.165, 1.54) is 17.0 Å². The Hall–Kier alpha value is -4.18. The third kappa shape index (κ3) is 5.07. The molecule has 1 aliphatic carbocycles. The number of piperidine rings is 1. The summed E-state index contributed by atoms with van der Waals surface area (Å²) >= 11 is 0. The summed E-state index contributed by atoms with van der Waals surface area (Å²) in [5.74, 6) is -2.37. The second kappa shape index (κ2) is 10.8. The minimum absolute atomic E-state index is 0.0875. The second-order valence-electron chi connectivity index (χ2n) is 12.1. The largest absolute Gasteiger partial charge is 0.374 e. The number of carbonyl (C=O) groups is 3. The number of nitrogens with zero attached hydrogens (tertiary/aromatic N) is 2. The summed E-state index contributed by atoms with van der Waals surface area (Å²) in [4.78, 5) is 45.8. The zero-order valence-electron chi connectivity index (χ0n) is 24.4. The number of benzene rings is 2. The smallest absolute Gasteiger partial charge is 0.244 e. The van der Waals surface area contributed by atoms with E-state index in [1.54, 1.807) is 19.2 Å². The monoisotopic (exact) mass is 588 g/mol. The van der Waals surface area contributed by atoms with Gasteiger partial charge in [-0.05, 0) is 73.2 Å². The fourth-order valence-electron chi connectivity index (χ4n) is 6.81. The molecule has 4 atom stereocenters. The van der Waals surface area contributed by atoms with Gasteiger partial charge in [0, 0.05) is 36.5 Å². The van der Waals surface area contributed by atoms with Crippen LogP contribution in [0.15, 0.2) is 54.7 Å². The van der Waals surface area contributed by atoms with Crippen molar-refractivity contribution in [3.05, 3.63) is 88.6 Å². The summed E-state index contributed by atoms with van der Waals surface area (Å²) in [5.41, 5.74) is 2.04. The fraction of sp³-hybridized carbons (Fsp3) is 0.394. The first kappa shape index (κ1) is 28.9. The zero-order valence-corrected chi connectivity index (χ0v) is 24.4. The summed E-state index contributed by atoms with van der Waals surface area (Å²) in [6.45, 7) is 5.68. The van der Waals surface area contributed by atoms with Gasteiger partial charge in [0.1, 0.15) is 24.0 Å². The Bertz CT molecular complexity index is 1610. The highest BCUT2D eigenvalue weighted by molar-refractivity contribution is 6.06. The van der Waals surface area contributed by atoms with E-state index in [-0.39, 0.29) is 30.3 Å². The van der Waals surface area contributed by atoms with Crippen LogP contribution in [-0.4, -0.2) is 46.4 Å². The van der Waals surface area contributed by atoms with Crippen molar-refractivity contribution in [1.82, 2.24) is 9.88 Å². The highest BCUT2D eigenvalue weighted by atomic mass is 19.1. The number of pyridine rings is 1. The van der Waals surface area contributed by atoms with Crippen molar-refractivity contribution in [3.63, 3.8) is 0 Å². The van der Waals surface area contributed by atoms with Gasteiger partial charge < -0.3 is 20.3 Å². The fourth-order valence-corrected chi connectivity index (χ4v) is 6.81. The summed E-state index contributed by atoms with van der Waals surface area (Å²) in [6, 6.07) is 11.7. The van der Waals surface area contributed by atoms with E-state index in [9.17, 15) is 23.2 Å². The van der Waals surface area contributed by atoms with E-state index in [1.807, 2.05) is 38.1 Å². The van der Waals surface area contributed by atoms with Gasteiger partial charge in [0.05, 0.1) is 23.0 Å². The topological polar surface area (TPSA) is 101 Å². The minimum Gasteiger partial charge on any atom is -0.374 e. The molecule has 3 heterocycles. The van der Waals surface area contributed by atoms with Gasteiger partial charge in [0.25, 0.3) is 0 Å². The molecule has 3 aromatic rings. The summed E-state index contributed by atoms with van der Waals surface area (Å²) in [7, 11) is 0. The Kier molecular flexibility index (Phi) is 7.28. The van der Waals surface area contributed by atoms with E-state index in [0.29, 0.717) is 31.0 Å². The minimum atomic E-state index is -0.871. The number of amides is 3. The van der Waals surface area contributed by atoms with Crippen molar-refractivity contribution in [2.45, 2.75) is 63.5 Å². The molecule has 10 heteroatoms. The van der Waals surface area contributed by atoms with Gasteiger partial charge in [-0.25, -0.2) is 13.8 Å². The quantitative estimate of drug-likeness (QED) is 0.401. The molecule has 0 saturated carbocycles. The molecule has 2 aromatic carbocycles. The van der Waals surface area contributed by atoms with Crippen LogP contribution in [0, 0.1) is 17.6 Å². The molecule has 2 aliphatic heterocycles. The number of halogens is 2. The van der Waals surface area contributed by atoms with Crippen LogP contribution in [0.2, 0.25) is 0 Å². The average Bonchev–Trinajstić information content (AvgIpc) is 3.48. The summed E-state index contributed by atoms with van der Waals surface area (Å²) in [6.07, 6.45) is 3.68. The van der Waals surface area contributed by atoms with Crippen molar-refractivity contribution < 1.29 is 27.9 Å². The third-order valence-corrected chi connectivity index (χ3v) is 9.23. The molecule has 1 fully saturated rings. The Labute approximate surface area is 248 Å². The van der Waals surface area contributed by atoms with Crippen LogP contribution in [-0.2, 0) is 37.4 Å². The lowest BCUT2D eigenvalue weighted by atomic mass is 9.77. The lowest BCUT2D eigenvalue weighted by Gasteiger charge is -2.48. The first-order chi connectivity index (χ1) is 20.5. The molecule has 1 saturated heterocycles. The van der Waals surface area contributed by atoms with Crippen LogP contribution in [0.25, 0.3) is 0 Å². The van der Waals surface area contributed by atoms with Crippen molar-refractivity contribution >= 4 is 29.2 Å². The van der Waals surface area contributed by atoms with Gasteiger partial charge in [-0.3, -0.25) is 14.4 Å². The predicted octanol–water partition coefficient (Wildman–Crippen LogP) is 5.08. The van der Waals surface area contributed by atoms with Gasteiger partial charge in [0.15, 0.2) is 0 Å². The highest BCUT2D eigenvalue weighted by Gasteiger charge is 2.51. The van der Waals surface area contributed by atoms with E-state index in [2.05, 4.69) is 15.6 Å². The number of carbonyl (C=O) groups excluding carboxylic acids is 3. The number of hydrogen-bond donors (Lipinski definition) is 2. The molecule has 4 unspecified atom stereocenters. The van der Waals surface area contributed by atoms with Crippen LogP contribution < -0.4 is 10.6 Å². The molecule has 0 bridgehead atoms. The maximum atomic E-state index is 14.3. The predicted molar refractivity (Wildman–Crippen MR) is 156 cm³/mol. The standard InChI is InChI=1S/C33H34F2N4O4/c1-4-10-43-32(3)17-27(21-11-23(34)14-24(35)12-21)39(30(41)19(32)2)18-28(40)37-25-8-7-20-15-33(16-22(20)13-25)26-6-5-9-36-29(26)38-31(33)42/h5-9,11-14,19,27H,4,10,15-18H2,1-3H3,(H,37,40)(H,36,38,42). The number of nitrogens with one attached hydrogen (secondary N) is 2. The van der Waals surface area contributed by atoms with Crippen molar-refractivity contribution in [1.29, 1.82) is 0 Å². The normalized spacial score (nSPS) is 25.9. The van der Waals surface area contributed by atoms with E-state index >= 15 is 0 Å². The van der Waals surface area contributed by atoms with E-state index in [4.69, 9.17) is 4.74 Å². The van der Waals surface area contributed by atoms with Gasteiger partial charge in [-0.15, -0.1) is 0 Å². The molecule has 2 N–H and O–H groups in total. The number of rotatable bonds is 7. The number of likely N-dealkylation sites (tertiary alicyclic amines) is 1. The molecule has 8 nitrogen and oxygen atoms in total. The summed E-state index contributed by atoms with van der Waals surface area (Å²) < 4.78 is 34.7. The molecule has 3 amide bonds. The molecule has 43 heavy (non-hydrogen) atoms. The number of aromatic nitrogens is 1. The zero-order chi connectivity index (χ0) is 30.5. The van der Waals surface area contributed by atoms with Crippen molar-refractivity contribution in [3.8, 4) is 0 Å². The molecular weight excluding hydrogens is 554 g/mol. The van der Waals surface area contributed by atoms with E-state index < -0.39 is 40.5 Å². The van der Waals surface area contributed by atoms with Crippen LogP contribution in [0.4, 0.5) is 20.3 Å². The van der Waals surface area contributed by atoms with Gasteiger partial charge in [-0.2, -0.15) is 0 Å².